The number of ether oxygens (including phenoxy) is 1. The molecule has 4 rings (SSSR count). The molecule has 2 aromatic carbocycles. The van der Waals surface area contributed by atoms with Gasteiger partial charge in [0, 0.05) is 30.9 Å². The maximum atomic E-state index is 12.9. The molecular formula is C26H26N2O4S. The highest BCUT2D eigenvalue weighted by Gasteiger charge is 2.19. The van der Waals surface area contributed by atoms with Crippen LogP contribution in [0.25, 0.3) is 6.08 Å². The fourth-order valence-electron chi connectivity index (χ4n) is 3.58. The molecule has 1 aliphatic carbocycles. The molecule has 0 saturated heterocycles. The van der Waals surface area contributed by atoms with Gasteiger partial charge in [-0.3, -0.25) is 9.78 Å². The van der Waals surface area contributed by atoms with E-state index in [0.29, 0.717) is 30.9 Å². The van der Waals surface area contributed by atoms with Gasteiger partial charge in [0.1, 0.15) is 5.75 Å². The number of carbonyl (C=O) groups is 1. The summed E-state index contributed by atoms with van der Waals surface area (Å²) in [6.07, 6.45) is 7.92. The van der Waals surface area contributed by atoms with Gasteiger partial charge in [-0.25, -0.2) is 8.42 Å². The van der Waals surface area contributed by atoms with Crippen LogP contribution in [0.3, 0.4) is 0 Å². The number of nitrogens with zero attached hydrogens (tertiary/aromatic N) is 1. The number of aromatic nitrogens is 1. The van der Waals surface area contributed by atoms with E-state index in [1.165, 1.54) is 0 Å². The third kappa shape index (κ3) is 5.31. The Hall–Kier alpha value is -3.45. The van der Waals surface area contributed by atoms with Gasteiger partial charge >= 0.3 is 0 Å². The summed E-state index contributed by atoms with van der Waals surface area (Å²) in [7, 11) is -3.63. The molecule has 7 heteroatoms. The van der Waals surface area contributed by atoms with E-state index in [9.17, 15) is 13.2 Å². The minimum atomic E-state index is -3.63. The van der Waals surface area contributed by atoms with Gasteiger partial charge in [0.2, 0.25) is 15.7 Å². The number of rotatable bonds is 9. The highest BCUT2D eigenvalue weighted by Crippen LogP contribution is 2.25. The van der Waals surface area contributed by atoms with E-state index in [1.807, 2.05) is 12.1 Å². The molecule has 1 aliphatic rings. The molecule has 170 valence electrons. The molecule has 3 aromatic rings. The summed E-state index contributed by atoms with van der Waals surface area (Å²) in [5, 5.41) is 2.90. The molecule has 0 bridgehead atoms. The summed E-state index contributed by atoms with van der Waals surface area (Å²) in [4.78, 5) is 17.0. The Labute approximate surface area is 194 Å². The summed E-state index contributed by atoms with van der Waals surface area (Å²) in [5.74, 6) is 0.523. The van der Waals surface area contributed by atoms with Gasteiger partial charge in [0.05, 0.1) is 16.4 Å². The van der Waals surface area contributed by atoms with Crippen LogP contribution in [-0.4, -0.2) is 25.9 Å². The van der Waals surface area contributed by atoms with Crippen LogP contribution >= 0.6 is 0 Å². The number of hydrogen-bond donors (Lipinski definition) is 1. The second kappa shape index (κ2) is 10.0. The maximum absolute atomic E-state index is 12.9. The van der Waals surface area contributed by atoms with Crippen molar-refractivity contribution < 1.29 is 17.9 Å². The lowest BCUT2D eigenvalue weighted by Crippen LogP contribution is -2.24. The van der Waals surface area contributed by atoms with Crippen LogP contribution in [0.4, 0.5) is 0 Å². The largest absolute Gasteiger partial charge is 0.494 e. The first-order chi connectivity index (χ1) is 16.0. The standard InChI is InChI=1S/C26H26N2O4S/c1-2-3-14-32-23-6-10-25(11-7-23)33(30,31)24-8-4-19(5-9-24)17-28-26(29)21-15-20-12-13-27-18-22(20)16-21/h4-13,15,18H,2-3,14,16-17H2,1H3,(H,28,29). The normalized spacial score (nSPS) is 12.7. The Morgan fingerprint density at radius 2 is 1.73 bits per heavy atom. The van der Waals surface area contributed by atoms with Crippen LogP contribution in [0.15, 0.2) is 82.4 Å². The molecule has 1 N–H and O–H groups in total. The average Bonchev–Trinajstić information content (AvgIpc) is 3.28. The summed E-state index contributed by atoms with van der Waals surface area (Å²) >= 11 is 0. The Kier molecular flexibility index (Phi) is 6.89. The van der Waals surface area contributed by atoms with E-state index in [4.69, 9.17) is 4.74 Å². The van der Waals surface area contributed by atoms with Crippen LogP contribution in [0, 0.1) is 0 Å². The van der Waals surface area contributed by atoms with E-state index in [0.717, 1.165) is 29.5 Å². The number of fused-ring (bicyclic) bond motifs is 1. The van der Waals surface area contributed by atoms with E-state index >= 15 is 0 Å². The molecule has 6 nitrogen and oxygen atoms in total. The van der Waals surface area contributed by atoms with Crippen molar-refractivity contribution in [3.05, 3.63) is 89.3 Å². The van der Waals surface area contributed by atoms with Crippen LogP contribution in [0.2, 0.25) is 0 Å². The van der Waals surface area contributed by atoms with E-state index < -0.39 is 9.84 Å². The summed E-state index contributed by atoms with van der Waals surface area (Å²) < 4.78 is 31.5. The lowest BCUT2D eigenvalue weighted by molar-refractivity contribution is -0.117. The lowest BCUT2D eigenvalue weighted by atomic mass is 10.1. The first kappa shape index (κ1) is 22.7. The first-order valence-corrected chi connectivity index (χ1v) is 12.4. The molecule has 1 amide bonds. The summed E-state index contributed by atoms with van der Waals surface area (Å²) in [6.45, 7) is 3.01. The zero-order valence-electron chi connectivity index (χ0n) is 18.5. The average molecular weight is 463 g/mol. The molecule has 0 radical (unpaired) electrons. The van der Waals surface area contributed by atoms with Gasteiger partial charge in [0.25, 0.3) is 0 Å². The van der Waals surface area contributed by atoms with E-state index in [-0.39, 0.29) is 15.7 Å². The topological polar surface area (TPSA) is 85.4 Å². The smallest absolute Gasteiger partial charge is 0.247 e. The van der Waals surface area contributed by atoms with Crippen LogP contribution in [0.1, 0.15) is 36.5 Å². The van der Waals surface area contributed by atoms with Crippen molar-refractivity contribution in [2.75, 3.05) is 6.61 Å². The minimum Gasteiger partial charge on any atom is -0.494 e. The number of benzene rings is 2. The number of hydrogen-bond acceptors (Lipinski definition) is 5. The predicted octanol–water partition coefficient (Wildman–Crippen LogP) is 4.35. The lowest BCUT2D eigenvalue weighted by Gasteiger charge is -2.09. The third-order valence-corrected chi connectivity index (χ3v) is 7.32. The number of amides is 1. The molecule has 0 unspecified atom stereocenters. The zero-order valence-corrected chi connectivity index (χ0v) is 19.3. The second-order valence-corrected chi connectivity index (χ2v) is 9.87. The summed E-state index contributed by atoms with van der Waals surface area (Å²) in [5.41, 5.74) is 3.57. The molecular weight excluding hydrogens is 436 g/mol. The van der Waals surface area contributed by atoms with Crippen LogP contribution < -0.4 is 10.1 Å². The number of nitrogens with one attached hydrogen (secondary N) is 1. The van der Waals surface area contributed by atoms with Gasteiger partial charge in [-0.2, -0.15) is 0 Å². The fourth-order valence-corrected chi connectivity index (χ4v) is 4.84. The molecule has 1 aromatic heterocycles. The highest BCUT2D eigenvalue weighted by molar-refractivity contribution is 7.91. The van der Waals surface area contributed by atoms with Crippen molar-refractivity contribution >= 4 is 21.8 Å². The SMILES string of the molecule is CCCCOc1ccc(S(=O)(=O)c2ccc(CNC(=O)C3=Cc4ccncc4C3)cc2)cc1. The monoisotopic (exact) mass is 462 g/mol. The van der Waals surface area contributed by atoms with Crippen molar-refractivity contribution in [2.24, 2.45) is 0 Å². The van der Waals surface area contributed by atoms with Gasteiger partial charge in [-0.05, 0) is 71.7 Å². The van der Waals surface area contributed by atoms with Crippen LogP contribution in [0.5, 0.6) is 5.75 Å². The van der Waals surface area contributed by atoms with Gasteiger partial charge < -0.3 is 10.1 Å². The Morgan fingerprint density at radius 1 is 1.03 bits per heavy atom. The zero-order chi connectivity index (χ0) is 23.3. The molecule has 0 saturated carbocycles. The number of carbonyl (C=O) groups excluding carboxylic acids is 1. The molecule has 1 heterocycles. The third-order valence-electron chi connectivity index (χ3n) is 5.53. The molecule has 0 atom stereocenters. The Balaban J connectivity index is 1.36. The maximum Gasteiger partial charge on any atom is 0.247 e. The molecule has 0 fully saturated rings. The molecule has 0 spiro atoms. The number of unbranched alkanes of at least 4 members (excludes halogenated alkanes) is 1. The number of pyridine rings is 1. The predicted molar refractivity (Wildman–Crippen MR) is 127 cm³/mol. The van der Waals surface area contributed by atoms with E-state index in [1.54, 1.807) is 60.9 Å². The quantitative estimate of drug-likeness (QED) is 0.478. The van der Waals surface area contributed by atoms with Gasteiger partial charge in [-0.1, -0.05) is 25.5 Å². The highest BCUT2D eigenvalue weighted by atomic mass is 32.2. The Morgan fingerprint density at radius 3 is 2.39 bits per heavy atom. The first-order valence-electron chi connectivity index (χ1n) is 11.0. The van der Waals surface area contributed by atoms with Gasteiger partial charge in [-0.15, -0.1) is 0 Å². The van der Waals surface area contributed by atoms with Crippen molar-refractivity contribution in [3.63, 3.8) is 0 Å². The second-order valence-electron chi connectivity index (χ2n) is 7.92. The fraction of sp³-hybridized carbons (Fsp3) is 0.231. The van der Waals surface area contributed by atoms with Crippen molar-refractivity contribution in [1.29, 1.82) is 0 Å². The van der Waals surface area contributed by atoms with Gasteiger partial charge in [0.15, 0.2) is 0 Å². The number of sulfone groups is 1. The van der Waals surface area contributed by atoms with Crippen molar-refractivity contribution in [1.82, 2.24) is 10.3 Å². The Bertz CT molecular complexity index is 1260. The summed E-state index contributed by atoms with van der Waals surface area (Å²) in [6, 6.07) is 15.0. The van der Waals surface area contributed by atoms with Crippen LogP contribution in [-0.2, 0) is 27.6 Å². The van der Waals surface area contributed by atoms with Crippen molar-refractivity contribution in [2.45, 2.75) is 42.5 Å². The van der Waals surface area contributed by atoms with Crippen molar-refractivity contribution in [3.8, 4) is 5.75 Å². The van der Waals surface area contributed by atoms with E-state index in [2.05, 4.69) is 17.2 Å². The molecule has 33 heavy (non-hydrogen) atoms. The minimum absolute atomic E-state index is 0.135. The molecule has 0 aliphatic heterocycles.